The summed E-state index contributed by atoms with van der Waals surface area (Å²) in [6.45, 7) is 1.56. The summed E-state index contributed by atoms with van der Waals surface area (Å²) in [4.78, 5) is 0. The highest BCUT2D eigenvalue weighted by atomic mass is 16.8. The molecule has 0 aromatic carbocycles. The third-order valence-corrected chi connectivity index (χ3v) is 13.8. The highest BCUT2D eigenvalue weighted by Crippen LogP contribution is 2.39. The predicted molar refractivity (Wildman–Crippen MR) is 212 cm³/mol. The summed E-state index contributed by atoms with van der Waals surface area (Å²) < 4.78 is 64.4. The first kappa shape index (κ1) is 55.2. The Kier molecular flexibility index (Phi) is 19.5. The van der Waals surface area contributed by atoms with E-state index in [4.69, 9.17) is 52.1 Å². The standard InChI is InChI=1S/C40H70O27/c1-11-14(4)57-18(8-44)31(21(11)47)63-36-12(2)22(48)33(20(10-46)61-36)65-39-30(56)34(26(52)17(7-43)59-39)66-40-35(28(54)25(51)16(6-42)60-40)67-37-13(3)23(49)32(19(9-45)62-37)64-38-29(55)27(53)24(50)15(5-41)58-38/h11-56H,5-10H2,1-4H3/t11-,12+,13+,14+,15?,16-,17?,18?,19?,20?,21?,22?,23?,24+,25-,26-,27?,28?,29+,30?,31-,32-,33-,34?,35?,36+,37+,38+,39+,40-/m1/s1. The summed E-state index contributed by atoms with van der Waals surface area (Å²) in [6.07, 6.45) is -42.7. The van der Waals surface area contributed by atoms with E-state index in [0.29, 0.717) is 0 Å². The van der Waals surface area contributed by atoms with E-state index in [0.717, 1.165) is 0 Å². The van der Waals surface area contributed by atoms with Crippen molar-refractivity contribution >= 4 is 0 Å². The van der Waals surface area contributed by atoms with Gasteiger partial charge >= 0.3 is 0 Å². The minimum Gasteiger partial charge on any atom is -0.394 e. The van der Waals surface area contributed by atoms with Crippen molar-refractivity contribution in [2.45, 2.75) is 193 Å². The summed E-state index contributed by atoms with van der Waals surface area (Å²) in [5.74, 6) is -2.56. The highest BCUT2D eigenvalue weighted by molar-refractivity contribution is 4.99. The van der Waals surface area contributed by atoms with Crippen LogP contribution in [0.5, 0.6) is 0 Å². The van der Waals surface area contributed by atoms with E-state index < -0.39 is 223 Å². The Hall–Kier alpha value is -1.08. The first-order valence-electron chi connectivity index (χ1n) is 22.4. The largest absolute Gasteiger partial charge is 0.394 e. The third kappa shape index (κ3) is 11.3. The van der Waals surface area contributed by atoms with Crippen LogP contribution in [0.3, 0.4) is 0 Å². The van der Waals surface area contributed by atoms with Gasteiger partial charge in [0.2, 0.25) is 0 Å². The molecule has 0 amide bonds. The molecule has 0 saturated carbocycles. The zero-order valence-corrected chi connectivity index (χ0v) is 37.2. The van der Waals surface area contributed by atoms with E-state index in [1.54, 1.807) is 13.8 Å². The van der Waals surface area contributed by atoms with Crippen LogP contribution in [0.25, 0.3) is 0 Å². The van der Waals surface area contributed by atoms with Gasteiger partial charge in [-0.05, 0) is 6.92 Å². The Morgan fingerprint density at radius 1 is 0.269 bits per heavy atom. The van der Waals surface area contributed by atoms with E-state index in [1.165, 1.54) is 13.8 Å². The molecule has 6 saturated heterocycles. The van der Waals surface area contributed by atoms with Crippen molar-refractivity contribution in [3.8, 4) is 0 Å². The summed E-state index contributed by atoms with van der Waals surface area (Å²) in [6, 6.07) is 0. The molecule has 0 aromatic rings. The molecule has 6 rings (SSSR count). The van der Waals surface area contributed by atoms with E-state index in [-0.39, 0.29) is 0 Å². The molecule has 6 heterocycles. The molecule has 6 aliphatic heterocycles. The fraction of sp³-hybridized carbons (Fsp3) is 1.00. The van der Waals surface area contributed by atoms with Crippen LogP contribution in [0.1, 0.15) is 27.7 Å². The van der Waals surface area contributed by atoms with Crippen LogP contribution in [-0.4, -0.2) is 287 Å². The molecule has 13 unspecified atom stereocenters. The van der Waals surface area contributed by atoms with Crippen LogP contribution in [0.2, 0.25) is 0 Å². The molecule has 6 fully saturated rings. The van der Waals surface area contributed by atoms with Crippen LogP contribution in [0.15, 0.2) is 0 Å². The Balaban J connectivity index is 1.17. The lowest BCUT2D eigenvalue weighted by Gasteiger charge is -2.50. The van der Waals surface area contributed by atoms with E-state index in [2.05, 4.69) is 0 Å². The van der Waals surface area contributed by atoms with Gasteiger partial charge in [-0.25, -0.2) is 0 Å². The highest BCUT2D eigenvalue weighted by Gasteiger charge is 2.57. The molecule has 0 radical (unpaired) electrons. The molecule has 0 spiro atoms. The SMILES string of the molecule is C[C@@H]1OC(CO)[C@@H](O[C@@H]2OC(CO)[C@@H](O[C@@H]3OC(CO)[C@@H](O)C(O[C@H]4O[C@H](CO)[C@@H](O)C(O)C4O[C@@H]4OC(CO)[C@@H](O[C@@H]5OC(CO)[C@H](O)C(O)[C@@H]5O)C(O)[C@@H]4C)C3O)C(O)[C@@H]2C)C(O)[C@@H]1C. The van der Waals surface area contributed by atoms with Crippen LogP contribution in [0.4, 0.5) is 0 Å². The lowest BCUT2D eigenvalue weighted by atomic mass is 9.88. The lowest BCUT2D eigenvalue weighted by molar-refractivity contribution is -0.398. The van der Waals surface area contributed by atoms with Gasteiger partial charge in [-0.2, -0.15) is 0 Å². The molecule has 67 heavy (non-hydrogen) atoms. The summed E-state index contributed by atoms with van der Waals surface area (Å²) >= 11 is 0. The molecule has 0 bridgehead atoms. The molecule has 16 N–H and O–H groups in total. The second-order valence-electron chi connectivity index (χ2n) is 18.2. The van der Waals surface area contributed by atoms with Crippen molar-refractivity contribution in [1.82, 2.24) is 0 Å². The van der Waals surface area contributed by atoms with Gasteiger partial charge in [0.15, 0.2) is 31.5 Å². The van der Waals surface area contributed by atoms with Gasteiger partial charge in [0.25, 0.3) is 0 Å². The quantitative estimate of drug-likeness (QED) is 0.0683. The van der Waals surface area contributed by atoms with Crippen molar-refractivity contribution in [2.75, 3.05) is 39.6 Å². The zero-order chi connectivity index (χ0) is 49.3. The molecule has 392 valence electrons. The van der Waals surface area contributed by atoms with E-state index in [1.807, 2.05) is 0 Å². The van der Waals surface area contributed by atoms with Gasteiger partial charge in [0, 0.05) is 17.8 Å². The van der Waals surface area contributed by atoms with Crippen LogP contribution < -0.4 is 0 Å². The molecule has 0 aliphatic carbocycles. The fourth-order valence-electron chi connectivity index (χ4n) is 9.23. The first-order valence-corrected chi connectivity index (χ1v) is 22.4. The molecule has 30 atom stereocenters. The second kappa shape index (κ2) is 23.6. The molecule has 27 heteroatoms. The van der Waals surface area contributed by atoms with E-state index >= 15 is 0 Å². The predicted octanol–water partition coefficient (Wildman–Crippen LogP) is -9.20. The molecule has 27 nitrogen and oxygen atoms in total. The summed E-state index contributed by atoms with van der Waals surface area (Å²) in [5, 5.41) is 171. The van der Waals surface area contributed by atoms with Gasteiger partial charge < -0.3 is 134 Å². The smallest absolute Gasteiger partial charge is 0.187 e. The number of ether oxygens (including phenoxy) is 11. The maximum Gasteiger partial charge on any atom is 0.187 e. The number of aliphatic hydroxyl groups is 16. The average Bonchev–Trinajstić information content (AvgIpc) is 3.32. The van der Waals surface area contributed by atoms with Gasteiger partial charge in [-0.15, -0.1) is 0 Å². The minimum absolute atomic E-state index is 0.417. The number of hydrogen-bond acceptors (Lipinski definition) is 27. The Labute approximate surface area is 384 Å². The lowest BCUT2D eigenvalue weighted by Crippen LogP contribution is -2.67. The van der Waals surface area contributed by atoms with Crippen LogP contribution in [-0.2, 0) is 52.1 Å². The van der Waals surface area contributed by atoms with E-state index in [9.17, 15) is 81.7 Å². The number of rotatable bonds is 16. The number of aliphatic hydroxyl groups excluding tert-OH is 16. The van der Waals surface area contributed by atoms with Crippen molar-refractivity contribution in [2.24, 2.45) is 17.8 Å². The topological polar surface area (TPSA) is 425 Å². The molecular weight excluding hydrogens is 912 g/mol. The van der Waals surface area contributed by atoms with Gasteiger partial charge in [-0.3, -0.25) is 0 Å². The van der Waals surface area contributed by atoms with Crippen molar-refractivity contribution in [3.63, 3.8) is 0 Å². The molecule has 0 aromatic heterocycles. The molecular formula is C40H70O27. The third-order valence-electron chi connectivity index (χ3n) is 13.8. The Morgan fingerprint density at radius 3 is 1.06 bits per heavy atom. The normalized spacial score (nSPS) is 53.4. The Bertz CT molecular complexity index is 1500. The maximum absolute atomic E-state index is 11.7. The summed E-state index contributed by atoms with van der Waals surface area (Å²) in [5.41, 5.74) is 0. The maximum atomic E-state index is 11.7. The summed E-state index contributed by atoms with van der Waals surface area (Å²) in [7, 11) is 0. The average molecular weight is 983 g/mol. The van der Waals surface area contributed by atoms with Gasteiger partial charge in [-0.1, -0.05) is 20.8 Å². The van der Waals surface area contributed by atoms with Crippen molar-refractivity contribution < 1.29 is 134 Å². The zero-order valence-electron chi connectivity index (χ0n) is 37.2. The fourth-order valence-corrected chi connectivity index (χ4v) is 9.23. The van der Waals surface area contributed by atoms with Crippen molar-refractivity contribution in [1.29, 1.82) is 0 Å². The van der Waals surface area contributed by atoms with Crippen molar-refractivity contribution in [3.05, 3.63) is 0 Å². The second-order valence-corrected chi connectivity index (χ2v) is 18.2. The first-order chi connectivity index (χ1) is 31.8. The number of hydrogen-bond donors (Lipinski definition) is 16. The van der Waals surface area contributed by atoms with Crippen LogP contribution >= 0.6 is 0 Å². The van der Waals surface area contributed by atoms with Gasteiger partial charge in [0.1, 0.15) is 110 Å². The minimum atomic E-state index is -2.05. The monoisotopic (exact) mass is 982 g/mol. The molecule has 6 aliphatic rings. The van der Waals surface area contributed by atoms with Gasteiger partial charge in [0.05, 0.1) is 64.1 Å². The van der Waals surface area contributed by atoms with Crippen LogP contribution in [0, 0.1) is 17.8 Å². The Morgan fingerprint density at radius 2 is 0.597 bits per heavy atom.